The minimum atomic E-state index is -3.80. The SMILES string of the molecule is CCc1c(C(Cc2ccccc2)NS(=O)(=O)c2ccc(Cl)cc2)noc1OC. The molecule has 0 saturated carbocycles. The first kappa shape index (κ1) is 20.4. The van der Waals surface area contributed by atoms with Crippen LogP contribution >= 0.6 is 11.6 Å². The molecule has 1 aromatic heterocycles. The summed E-state index contributed by atoms with van der Waals surface area (Å²) in [7, 11) is -2.30. The highest BCUT2D eigenvalue weighted by molar-refractivity contribution is 7.89. The Balaban J connectivity index is 1.99. The first-order valence-corrected chi connectivity index (χ1v) is 10.6. The van der Waals surface area contributed by atoms with Crippen LogP contribution in [0.3, 0.4) is 0 Å². The van der Waals surface area contributed by atoms with Crippen LogP contribution in [0, 0.1) is 0 Å². The van der Waals surface area contributed by atoms with Crippen molar-refractivity contribution in [2.24, 2.45) is 0 Å². The predicted octanol–water partition coefficient (Wildman–Crippen LogP) is 4.16. The topological polar surface area (TPSA) is 81.4 Å². The zero-order chi connectivity index (χ0) is 20.1. The number of nitrogens with one attached hydrogen (secondary N) is 1. The van der Waals surface area contributed by atoms with E-state index in [1.165, 1.54) is 19.2 Å². The van der Waals surface area contributed by atoms with Gasteiger partial charge in [-0.05, 0) is 42.7 Å². The van der Waals surface area contributed by atoms with Crippen LogP contribution in [-0.2, 0) is 22.9 Å². The predicted molar refractivity (Wildman–Crippen MR) is 107 cm³/mol. The minimum Gasteiger partial charge on any atom is -0.467 e. The number of benzene rings is 2. The number of rotatable bonds is 8. The third kappa shape index (κ3) is 4.55. The molecule has 6 nitrogen and oxygen atoms in total. The maximum absolute atomic E-state index is 12.9. The smallest absolute Gasteiger partial charge is 0.314 e. The zero-order valence-electron chi connectivity index (χ0n) is 15.6. The van der Waals surface area contributed by atoms with Gasteiger partial charge in [0.2, 0.25) is 10.0 Å². The molecule has 0 aliphatic carbocycles. The first-order chi connectivity index (χ1) is 13.4. The highest BCUT2D eigenvalue weighted by Gasteiger charge is 2.28. The van der Waals surface area contributed by atoms with E-state index < -0.39 is 16.1 Å². The molecule has 0 fully saturated rings. The van der Waals surface area contributed by atoms with Crippen molar-refractivity contribution in [2.75, 3.05) is 7.11 Å². The van der Waals surface area contributed by atoms with Gasteiger partial charge in [-0.15, -0.1) is 0 Å². The van der Waals surface area contributed by atoms with Gasteiger partial charge >= 0.3 is 5.95 Å². The van der Waals surface area contributed by atoms with E-state index in [4.69, 9.17) is 20.9 Å². The fourth-order valence-corrected chi connectivity index (χ4v) is 4.30. The van der Waals surface area contributed by atoms with E-state index in [1.807, 2.05) is 37.3 Å². The number of halogens is 1. The van der Waals surface area contributed by atoms with Crippen molar-refractivity contribution in [3.63, 3.8) is 0 Å². The summed E-state index contributed by atoms with van der Waals surface area (Å²) < 4.78 is 39.1. The standard InChI is InChI=1S/C20H21ClN2O4S/c1-3-17-19(22-27-20(17)26-2)18(13-14-7-5-4-6-8-14)23-28(24,25)16-11-9-15(21)10-12-16/h4-12,18,23H,3,13H2,1-2H3. The molecule has 1 atom stereocenters. The Morgan fingerprint density at radius 3 is 2.43 bits per heavy atom. The fraction of sp³-hybridized carbons (Fsp3) is 0.250. The van der Waals surface area contributed by atoms with E-state index in [2.05, 4.69) is 9.88 Å². The van der Waals surface area contributed by atoms with Crippen LogP contribution in [0.25, 0.3) is 0 Å². The maximum atomic E-state index is 12.9. The van der Waals surface area contributed by atoms with Crippen LogP contribution in [0.2, 0.25) is 5.02 Å². The van der Waals surface area contributed by atoms with Gasteiger partial charge in [-0.25, -0.2) is 13.1 Å². The Labute approximate surface area is 169 Å². The summed E-state index contributed by atoms with van der Waals surface area (Å²) in [6.07, 6.45) is 1.01. The molecule has 0 aliphatic heterocycles. The van der Waals surface area contributed by atoms with Gasteiger partial charge in [-0.2, -0.15) is 0 Å². The Morgan fingerprint density at radius 1 is 1.14 bits per heavy atom. The van der Waals surface area contributed by atoms with Gasteiger partial charge in [0.25, 0.3) is 0 Å². The molecule has 0 saturated heterocycles. The second kappa shape index (κ2) is 8.77. The monoisotopic (exact) mass is 420 g/mol. The van der Waals surface area contributed by atoms with E-state index in [0.717, 1.165) is 11.1 Å². The fourth-order valence-electron chi connectivity index (χ4n) is 2.98. The molecule has 2 aromatic carbocycles. The molecule has 0 aliphatic rings. The van der Waals surface area contributed by atoms with Crippen LogP contribution in [0.15, 0.2) is 64.0 Å². The normalized spacial score (nSPS) is 12.7. The Bertz CT molecular complexity index is 1020. The number of methoxy groups -OCH3 is 1. The molecule has 0 amide bonds. The molecule has 3 aromatic rings. The summed E-state index contributed by atoms with van der Waals surface area (Å²) in [4.78, 5) is 0.128. The van der Waals surface area contributed by atoms with Crippen molar-refractivity contribution >= 4 is 21.6 Å². The molecule has 8 heteroatoms. The van der Waals surface area contributed by atoms with Crippen molar-refractivity contribution in [2.45, 2.75) is 30.7 Å². The van der Waals surface area contributed by atoms with Crippen molar-refractivity contribution in [1.29, 1.82) is 0 Å². The average Bonchev–Trinajstić information content (AvgIpc) is 3.11. The first-order valence-electron chi connectivity index (χ1n) is 8.79. The van der Waals surface area contributed by atoms with Crippen molar-refractivity contribution in [3.8, 4) is 5.95 Å². The molecule has 1 N–H and O–H groups in total. The Hall–Kier alpha value is -2.35. The van der Waals surface area contributed by atoms with Crippen LogP contribution < -0.4 is 9.46 Å². The molecule has 148 valence electrons. The molecule has 3 rings (SSSR count). The second-order valence-electron chi connectivity index (χ2n) is 6.21. The van der Waals surface area contributed by atoms with E-state index in [9.17, 15) is 8.42 Å². The number of nitrogens with zero attached hydrogens (tertiary/aromatic N) is 1. The van der Waals surface area contributed by atoms with Crippen molar-refractivity contribution in [1.82, 2.24) is 9.88 Å². The van der Waals surface area contributed by atoms with Gasteiger partial charge in [0, 0.05) is 5.02 Å². The second-order valence-corrected chi connectivity index (χ2v) is 8.36. The van der Waals surface area contributed by atoms with E-state index in [-0.39, 0.29) is 4.90 Å². The summed E-state index contributed by atoms with van der Waals surface area (Å²) in [6, 6.07) is 15.0. The molecular formula is C20H21ClN2O4S. The van der Waals surface area contributed by atoms with Gasteiger partial charge in [-0.1, -0.05) is 54.0 Å². The van der Waals surface area contributed by atoms with Crippen molar-refractivity contribution in [3.05, 3.63) is 76.4 Å². The highest BCUT2D eigenvalue weighted by atomic mass is 35.5. The third-order valence-electron chi connectivity index (χ3n) is 4.36. The number of hydrogen-bond donors (Lipinski definition) is 1. The van der Waals surface area contributed by atoms with E-state index >= 15 is 0 Å². The summed E-state index contributed by atoms with van der Waals surface area (Å²) in [5.41, 5.74) is 2.22. The summed E-state index contributed by atoms with van der Waals surface area (Å²) in [5, 5.41) is 4.57. The number of hydrogen-bond acceptors (Lipinski definition) is 5. The lowest BCUT2D eigenvalue weighted by Crippen LogP contribution is -2.31. The molecule has 0 spiro atoms. The summed E-state index contributed by atoms with van der Waals surface area (Å²) >= 11 is 5.88. The van der Waals surface area contributed by atoms with Gasteiger partial charge in [-0.3, -0.25) is 0 Å². The lowest BCUT2D eigenvalue weighted by molar-refractivity contribution is 0.256. The third-order valence-corrected chi connectivity index (χ3v) is 6.10. The van der Waals surface area contributed by atoms with Gasteiger partial charge < -0.3 is 9.26 Å². The lowest BCUT2D eigenvalue weighted by Gasteiger charge is -2.18. The van der Waals surface area contributed by atoms with Crippen LogP contribution in [0.4, 0.5) is 0 Å². The molecular weight excluding hydrogens is 400 g/mol. The summed E-state index contributed by atoms with van der Waals surface area (Å²) in [6.45, 7) is 1.94. The number of sulfonamides is 1. The molecule has 1 unspecified atom stereocenters. The van der Waals surface area contributed by atoms with Crippen LogP contribution in [0.5, 0.6) is 5.95 Å². The molecule has 0 bridgehead atoms. The van der Waals surface area contributed by atoms with Crippen molar-refractivity contribution < 1.29 is 17.7 Å². The zero-order valence-corrected chi connectivity index (χ0v) is 17.1. The molecule has 28 heavy (non-hydrogen) atoms. The number of ether oxygens (including phenoxy) is 1. The van der Waals surface area contributed by atoms with E-state index in [1.54, 1.807) is 12.1 Å². The van der Waals surface area contributed by atoms with E-state index in [0.29, 0.717) is 29.5 Å². The number of aromatic nitrogens is 1. The van der Waals surface area contributed by atoms with Crippen LogP contribution in [-0.4, -0.2) is 20.7 Å². The quantitative estimate of drug-likeness (QED) is 0.591. The van der Waals surface area contributed by atoms with Crippen LogP contribution in [0.1, 0.15) is 29.8 Å². The molecule has 0 radical (unpaired) electrons. The largest absolute Gasteiger partial charge is 0.467 e. The minimum absolute atomic E-state index is 0.128. The Kier molecular flexibility index (Phi) is 6.39. The highest BCUT2D eigenvalue weighted by Crippen LogP contribution is 2.30. The maximum Gasteiger partial charge on any atom is 0.314 e. The van der Waals surface area contributed by atoms with Gasteiger partial charge in [0.05, 0.1) is 23.6 Å². The van der Waals surface area contributed by atoms with Gasteiger partial charge in [0.1, 0.15) is 5.69 Å². The van der Waals surface area contributed by atoms with Gasteiger partial charge in [0.15, 0.2) is 0 Å². The Morgan fingerprint density at radius 2 is 1.82 bits per heavy atom. The summed E-state index contributed by atoms with van der Waals surface area (Å²) in [5.74, 6) is 0.293. The lowest BCUT2D eigenvalue weighted by atomic mass is 10.0. The average molecular weight is 421 g/mol. The molecule has 1 heterocycles.